The van der Waals surface area contributed by atoms with Crippen LogP contribution in [0.5, 0.6) is 0 Å². The van der Waals surface area contributed by atoms with Crippen LogP contribution in [0, 0.1) is 5.82 Å². The van der Waals surface area contributed by atoms with Gasteiger partial charge in [-0.05, 0) is 83.5 Å². The largest absolute Gasteiger partial charge is 0.296 e. The van der Waals surface area contributed by atoms with Crippen molar-refractivity contribution in [1.82, 2.24) is 4.90 Å². The minimum atomic E-state index is -0.00486. The second kappa shape index (κ2) is 6.31. The lowest BCUT2D eigenvalue weighted by molar-refractivity contribution is -0.0133. The van der Waals surface area contributed by atoms with Gasteiger partial charge in [0, 0.05) is 11.1 Å². The molecule has 0 spiro atoms. The summed E-state index contributed by atoms with van der Waals surface area (Å²) in [5.74, 6) is 0.302. The Hall–Kier alpha value is -0.890. The first-order chi connectivity index (χ1) is 10.2. The van der Waals surface area contributed by atoms with Gasteiger partial charge < -0.3 is 0 Å². The Morgan fingerprint density at radius 1 is 1.14 bits per heavy atom. The van der Waals surface area contributed by atoms with E-state index >= 15 is 0 Å². The Bertz CT molecular complexity index is 500. The number of nitrogens with zero attached hydrogens (tertiary/aromatic N) is 1. The third-order valence-electron chi connectivity index (χ3n) is 5.63. The Labute approximate surface area is 135 Å². The zero-order valence-electron chi connectivity index (χ0n) is 15.2. The van der Waals surface area contributed by atoms with Gasteiger partial charge in [-0.3, -0.25) is 4.90 Å². The molecule has 0 N–H and O–H groups in total. The average Bonchev–Trinajstić information content (AvgIpc) is 2.41. The number of rotatable bonds is 4. The quantitative estimate of drug-likeness (QED) is 0.706. The summed E-state index contributed by atoms with van der Waals surface area (Å²) >= 11 is 0. The van der Waals surface area contributed by atoms with Crippen molar-refractivity contribution in [2.24, 2.45) is 0 Å². The van der Waals surface area contributed by atoms with Crippen molar-refractivity contribution in [3.63, 3.8) is 0 Å². The molecule has 0 amide bonds. The maximum atomic E-state index is 14.6. The van der Waals surface area contributed by atoms with Gasteiger partial charge in [0.25, 0.3) is 0 Å². The molecule has 124 valence electrons. The van der Waals surface area contributed by atoms with Crippen molar-refractivity contribution >= 4 is 0 Å². The monoisotopic (exact) mass is 305 g/mol. The number of unbranched alkanes of at least 4 members (excludes halogenated alkanes) is 1. The van der Waals surface area contributed by atoms with Crippen molar-refractivity contribution in [2.75, 3.05) is 7.05 Å². The number of hydrogen-bond acceptors (Lipinski definition) is 1. The molecule has 1 nitrogen and oxygen atoms in total. The number of piperidine rings is 1. The third-order valence-corrected chi connectivity index (χ3v) is 5.63. The van der Waals surface area contributed by atoms with E-state index in [1.54, 1.807) is 6.07 Å². The van der Waals surface area contributed by atoms with E-state index in [1.807, 2.05) is 6.07 Å². The molecule has 1 saturated heterocycles. The molecule has 1 aliphatic heterocycles. The van der Waals surface area contributed by atoms with Crippen molar-refractivity contribution in [3.05, 3.63) is 35.1 Å². The summed E-state index contributed by atoms with van der Waals surface area (Å²) < 4.78 is 14.6. The van der Waals surface area contributed by atoms with Crippen LogP contribution in [0.25, 0.3) is 0 Å². The molecule has 1 aromatic rings. The van der Waals surface area contributed by atoms with E-state index in [1.165, 1.54) is 0 Å². The minimum Gasteiger partial charge on any atom is -0.296 e. The van der Waals surface area contributed by atoms with Crippen LogP contribution in [0.4, 0.5) is 4.39 Å². The predicted octanol–water partition coefficient (Wildman–Crippen LogP) is 5.53. The molecule has 0 aliphatic carbocycles. The highest BCUT2D eigenvalue weighted by molar-refractivity contribution is 5.29. The highest BCUT2D eigenvalue weighted by atomic mass is 19.1. The lowest BCUT2D eigenvalue weighted by Crippen LogP contribution is -2.58. The molecule has 1 aromatic carbocycles. The Kier molecular flexibility index (Phi) is 5.01. The van der Waals surface area contributed by atoms with Crippen LogP contribution in [0.2, 0.25) is 0 Å². The topological polar surface area (TPSA) is 3.24 Å². The standard InChI is InChI=1S/C20H32FN/c1-7-8-9-15-10-11-17(18(21)12-15)16-13-19(2,3)22(6)20(4,5)14-16/h10-12,16H,7-9,13-14H2,1-6H3. The van der Waals surface area contributed by atoms with Gasteiger partial charge in [0.05, 0.1) is 0 Å². The molecule has 0 aromatic heterocycles. The molecule has 1 aliphatic rings. The first-order valence-electron chi connectivity index (χ1n) is 8.69. The SMILES string of the molecule is CCCCc1ccc(C2CC(C)(C)N(C)C(C)(C)C2)c(F)c1. The molecule has 2 rings (SSSR count). The molecule has 0 saturated carbocycles. The lowest BCUT2D eigenvalue weighted by Gasteiger charge is -2.54. The first-order valence-corrected chi connectivity index (χ1v) is 8.69. The fraction of sp³-hybridized carbons (Fsp3) is 0.700. The first kappa shape index (κ1) is 17.5. The maximum Gasteiger partial charge on any atom is 0.126 e. The van der Waals surface area contributed by atoms with Crippen LogP contribution in [0.1, 0.15) is 77.3 Å². The van der Waals surface area contributed by atoms with Crippen molar-refractivity contribution in [3.8, 4) is 0 Å². The van der Waals surface area contributed by atoms with Gasteiger partial charge in [-0.25, -0.2) is 4.39 Å². The lowest BCUT2D eigenvalue weighted by atomic mass is 9.71. The van der Waals surface area contributed by atoms with Gasteiger partial charge in [-0.15, -0.1) is 0 Å². The van der Waals surface area contributed by atoms with Crippen molar-refractivity contribution in [1.29, 1.82) is 0 Å². The van der Waals surface area contributed by atoms with Gasteiger partial charge >= 0.3 is 0 Å². The molecule has 0 radical (unpaired) electrons. The molecule has 0 bridgehead atoms. The van der Waals surface area contributed by atoms with E-state index in [2.05, 4.69) is 52.6 Å². The Balaban J connectivity index is 2.24. The van der Waals surface area contributed by atoms with Crippen LogP contribution < -0.4 is 0 Å². The summed E-state index contributed by atoms with van der Waals surface area (Å²) in [4.78, 5) is 2.45. The van der Waals surface area contributed by atoms with Crippen LogP contribution in [-0.2, 0) is 6.42 Å². The molecule has 1 heterocycles. The third kappa shape index (κ3) is 3.53. The number of likely N-dealkylation sites (tertiary alicyclic amines) is 1. The molecule has 0 atom stereocenters. The summed E-state index contributed by atoms with van der Waals surface area (Å²) in [6, 6.07) is 5.94. The maximum absolute atomic E-state index is 14.6. The smallest absolute Gasteiger partial charge is 0.126 e. The Morgan fingerprint density at radius 3 is 2.23 bits per heavy atom. The van der Waals surface area contributed by atoms with E-state index in [0.29, 0.717) is 5.92 Å². The normalized spacial score (nSPS) is 22.0. The van der Waals surface area contributed by atoms with Crippen LogP contribution in [-0.4, -0.2) is 23.0 Å². The summed E-state index contributed by atoms with van der Waals surface area (Å²) in [5.41, 5.74) is 2.24. The van der Waals surface area contributed by atoms with E-state index in [9.17, 15) is 4.39 Å². The number of hydrogen-bond donors (Lipinski definition) is 0. The van der Waals surface area contributed by atoms with Crippen molar-refractivity contribution in [2.45, 2.75) is 83.7 Å². The second-order valence-electron chi connectivity index (χ2n) is 8.25. The molecule has 22 heavy (non-hydrogen) atoms. The van der Waals surface area contributed by atoms with E-state index in [0.717, 1.165) is 43.2 Å². The van der Waals surface area contributed by atoms with E-state index in [-0.39, 0.29) is 16.9 Å². The van der Waals surface area contributed by atoms with Crippen LogP contribution >= 0.6 is 0 Å². The summed E-state index contributed by atoms with van der Waals surface area (Å²) in [6.45, 7) is 11.3. The zero-order chi connectivity index (χ0) is 16.5. The van der Waals surface area contributed by atoms with Gasteiger partial charge in [0.15, 0.2) is 0 Å². The minimum absolute atomic E-state index is 0.00486. The van der Waals surface area contributed by atoms with Crippen LogP contribution in [0.3, 0.4) is 0 Å². The summed E-state index contributed by atoms with van der Waals surface area (Å²) in [5, 5.41) is 0. The van der Waals surface area contributed by atoms with Gasteiger partial charge in [0.2, 0.25) is 0 Å². The number of halogens is 1. The molecule has 0 unspecified atom stereocenters. The molecule has 2 heteroatoms. The summed E-state index contributed by atoms with van der Waals surface area (Å²) in [7, 11) is 2.19. The highest BCUT2D eigenvalue weighted by Gasteiger charge is 2.43. The highest BCUT2D eigenvalue weighted by Crippen LogP contribution is 2.45. The van der Waals surface area contributed by atoms with Crippen molar-refractivity contribution < 1.29 is 4.39 Å². The van der Waals surface area contributed by atoms with E-state index < -0.39 is 0 Å². The molecule has 1 fully saturated rings. The fourth-order valence-electron chi connectivity index (χ4n) is 4.03. The number of aryl methyl sites for hydroxylation is 1. The molecular formula is C20H32FN. The second-order valence-corrected chi connectivity index (χ2v) is 8.25. The number of benzene rings is 1. The van der Waals surface area contributed by atoms with Gasteiger partial charge in [-0.2, -0.15) is 0 Å². The summed E-state index contributed by atoms with van der Waals surface area (Å²) in [6.07, 6.45) is 5.29. The van der Waals surface area contributed by atoms with Crippen LogP contribution in [0.15, 0.2) is 18.2 Å². The molecular weight excluding hydrogens is 273 g/mol. The fourth-order valence-corrected chi connectivity index (χ4v) is 4.03. The van der Waals surface area contributed by atoms with Gasteiger partial charge in [0.1, 0.15) is 5.82 Å². The zero-order valence-corrected chi connectivity index (χ0v) is 15.2. The predicted molar refractivity (Wildman–Crippen MR) is 92.9 cm³/mol. The average molecular weight is 305 g/mol. The Morgan fingerprint density at radius 2 is 1.73 bits per heavy atom. The van der Waals surface area contributed by atoms with E-state index in [4.69, 9.17) is 0 Å². The van der Waals surface area contributed by atoms with Gasteiger partial charge in [-0.1, -0.05) is 25.5 Å².